The molecule has 12 rings (SSSR count). The Morgan fingerprint density at radius 3 is 1.95 bits per heavy atom. The minimum Gasteiger partial charge on any atom is -0.366 e. The summed E-state index contributed by atoms with van der Waals surface area (Å²) >= 11 is 0. The molecule has 2 heterocycles. The fourth-order valence-corrected chi connectivity index (χ4v) is 10.5. The van der Waals surface area contributed by atoms with Crippen LogP contribution in [0.15, 0.2) is 188 Å². The lowest BCUT2D eigenvalue weighted by Gasteiger charge is -2.35. The van der Waals surface area contributed by atoms with Crippen molar-refractivity contribution in [2.24, 2.45) is 0 Å². The number of para-hydroxylation sites is 2. The summed E-state index contributed by atoms with van der Waals surface area (Å²) in [5, 5.41) is 15.6. The normalized spacial score (nSPS) is 16.7. The predicted octanol–water partition coefficient (Wildman–Crippen LogP) is 13.9. The lowest BCUT2D eigenvalue weighted by Crippen LogP contribution is -2.37. The van der Waals surface area contributed by atoms with E-state index in [9.17, 15) is 0 Å². The third-order valence-corrected chi connectivity index (χ3v) is 13.0. The van der Waals surface area contributed by atoms with Crippen LogP contribution in [0.1, 0.15) is 53.9 Å². The summed E-state index contributed by atoms with van der Waals surface area (Å²) in [5.41, 5.74) is 16.2. The number of hydrogen-bond acceptors (Lipinski definition) is 2. The monoisotopic (exact) mass is 743 g/mol. The van der Waals surface area contributed by atoms with Gasteiger partial charge in [0, 0.05) is 27.6 Å². The number of fused-ring (bicyclic) bond motifs is 13. The van der Waals surface area contributed by atoms with Crippen LogP contribution in [0.3, 0.4) is 0 Å². The summed E-state index contributed by atoms with van der Waals surface area (Å²) in [6.07, 6.45) is -0.0563. The topological polar surface area (TPSA) is 29.0 Å². The van der Waals surface area contributed by atoms with Crippen LogP contribution in [0.2, 0.25) is 0 Å². The molecule has 0 radical (unpaired) electrons. The molecule has 0 saturated heterocycles. The minimum absolute atomic E-state index is 0.0563. The second-order valence-electron chi connectivity index (χ2n) is 16.6. The van der Waals surface area contributed by atoms with Gasteiger partial charge in [0.25, 0.3) is 0 Å². The highest BCUT2D eigenvalue weighted by molar-refractivity contribution is 6.21. The number of anilines is 1. The number of nitrogens with one attached hydrogen (secondary N) is 2. The maximum Gasteiger partial charge on any atom is 0.104 e. The number of aromatic nitrogens is 1. The van der Waals surface area contributed by atoms with Crippen LogP contribution >= 0.6 is 0 Å². The Labute approximate surface area is 338 Å². The Bertz CT molecular complexity index is 3280. The predicted molar refractivity (Wildman–Crippen MR) is 243 cm³/mol. The maximum atomic E-state index is 3.94. The number of hydrogen-bond donors (Lipinski definition) is 2. The summed E-state index contributed by atoms with van der Waals surface area (Å²) in [6, 6.07) is 69.4. The van der Waals surface area contributed by atoms with Crippen molar-refractivity contribution in [2.45, 2.75) is 31.5 Å². The molecular formula is C55H41N3. The van der Waals surface area contributed by atoms with Gasteiger partial charge in [-0.3, -0.25) is 5.32 Å². The first-order chi connectivity index (χ1) is 28.5. The Morgan fingerprint density at radius 2 is 1.12 bits per heavy atom. The van der Waals surface area contributed by atoms with E-state index in [0.29, 0.717) is 0 Å². The Kier molecular flexibility index (Phi) is 7.18. The fourth-order valence-electron chi connectivity index (χ4n) is 10.5. The van der Waals surface area contributed by atoms with E-state index in [1.807, 2.05) is 0 Å². The molecule has 0 saturated carbocycles. The van der Waals surface area contributed by atoms with E-state index in [1.54, 1.807) is 0 Å². The third-order valence-electron chi connectivity index (χ3n) is 13.0. The van der Waals surface area contributed by atoms with E-state index in [-0.39, 0.29) is 17.6 Å². The Hall–Kier alpha value is -6.94. The molecule has 2 unspecified atom stereocenters. The molecule has 0 amide bonds. The van der Waals surface area contributed by atoms with Crippen molar-refractivity contribution in [2.75, 3.05) is 5.32 Å². The average molecular weight is 744 g/mol. The van der Waals surface area contributed by atoms with Gasteiger partial charge in [-0.25, -0.2) is 0 Å². The van der Waals surface area contributed by atoms with Crippen LogP contribution in [0.25, 0.3) is 71.3 Å². The highest BCUT2D eigenvalue weighted by Crippen LogP contribution is 2.57. The molecule has 58 heavy (non-hydrogen) atoms. The van der Waals surface area contributed by atoms with Crippen molar-refractivity contribution >= 4 is 49.0 Å². The summed E-state index contributed by atoms with van der Waals surface area (Å²) in [4.78, 5) is 0. The van der Waals surface area contributed by atoms with Crippen molar-refractivity contribution in [3.8, 4) is 27.9 Å². The number of rotatable bonds is 4. The Morgan fingerprint density at radius 1 is 0.483 bits per heavy atom. The van der Waals surface area contributed by atoms with Gasteiger partial charge < -0.3 is 9.88 Å². The van der Waals surface area contributed by atoms with E-state index in [1.165, 1.54) is 93.4 Å². The molecule has 2 N–H and O–H groups in total. The highest BCUT2D eigenvalue weighted by atomic mass is 15.2. The van der Waals surface area contributed by atoms with E-state index in [2.05, 4.69) is 217 Å². The van der Waals surface area contributed by atoms with Crippen LogP contribution < -0.4 is 10.6 Å². The van der Waals surface area contributed by atoms with Crippen molar-refractivity contribution in [3.63, 3.8) is 0 Å². The molecule has 1 aliphatic carbocycles. The molecule has 0 fully saturated rings. The van der Waals surface area contributed by atoms with Gasteiger partial charge in [0.15, 0.2) is 0 Å². The average Bonchev–Trinajstić information content (AvgIpc) is 3.75. The minimum atomic E-state index is -0.248. The number of nitrogens with zero attached hydrogens (tertiary/aromatic N) is 1. The summed E-state index contributed by atoms with van der Waals surface area (Å²) in [7, 11) is 0. The van der Waals surface area contributed by atoms with Crippen LogP contribution in [0.5, 0.6) is 0 Å². The van der Waals surface area contributed by atoms with Crippen LogP contribution in [-0.4, -0.2) is 4.57 Å². The van der Waals surface area contributed by atoms with E-state index in [4.69, 9.17) is 0 Å². The SMILES string of the molecule is CC1(C)c2c(c3ccccc3c3ccccc23)-c2ccc3c4ccccc4n(-c4cccc(-c5cccc(C6Nc7ccccc7C(c7ccccc7)N6)c5)c4)c3c21. The van der Waals surface area contributed by atoms with Gasteiger partial charge in [-0.05, 0) is 102 Å². The van der Waals surface area contributed by atoms with Gasteiger partial charge in [-0.1, -0.05) is 172 Å². The molecular weight excluding hydrogens is 703 g/mol. The summed E-state index contributed by atoms with van der Waals surface area (Å²) < 4.78 is 2.54. The molecule has 3 heteroatoms. The van der Waals surface area contributed by atoms with Crippen molar-refractivity contribution in [3.05, 3.63) is 216 Å². The second kappa shape index (κ2) is 12.5. The largest absolute Gasteiger partial charge is 0.366 e. The molecule has 9 aromatic carbocycles. The van der Waals surface area contributed by atoms with Gasteiger partial charge in [-0.2, -0.15) is 0 Å². The van der Waals surface area contributed by atoms with E-state index < -0.39 is 0 Å². The lowest BCUT2D eigenvalue weighted by atomic mass is 9.78. The molecule has 2 atom stereocenters. The standard InChI is InChI=1S/C55H41N3/c1-55(2)50-43-26-9-7-23-40(43)39-22-6-8-25-42(39)49(50)46-31-30-44-41-24-11-13-29-48(41)58(53(44)51(46)55)38-21-15-19-36(33-38)35-18-14-20-37(32-35)54-56-47-28-12-10-27-45(47)52(57-54)34-16-4-3-5-17-34/h3-33,52,54,56-57H,1-2H3. The van der Waals surface area contributed by atoms with Crippen molar-refractivity contribution in [1.29, 1.82) is 0 Å². The molecule has 2 aliphatic rings. The molecule has 10 aromatic rings. The molecule has 3 nitrogen and oxygen atoms in total. The first-order valence-corrected chi connectivity index (χ1v) is 20.4. The molecule has 276 valence electrons. The van der Waals surface area contributed by atoms with Crippen molar-refractivity contribution < 1.29 is 0 Å². The zero-order chi connectivity index (χ0) is 38.5. The van der Waals surface area contributed by atoms with Gasteiger partial charge in [-0.15, -0.1) is 0 Å². The van der Waals surface area contributed by atoms with Gasteiger partial charge in [0.05, 0.1) is 17.1 Å². The zero-order valence-corrected chi connectivity index (χ0v) is 32.5. The first-order valence-electron chi connectivity index (χ1n) is 20.4. The quantitative estimate of drug-likeness (QED) is 0.176. The molecule has 0 spiro atoms. The van der Waals surface area contributed by atoms with Gasteiger partial charge in [0.1, 0.15) is 6.17 Å². The Balaban J connectivity index is 1.02. The molecule has 1 aliphatic heterocycles. The maximum absolute atomic E-state index is 3.94. The summed E-state index contributed by atoms with van der Waals surface area (Å²) in [5.74, 6) is 0. The first kappa shape index (κ1) is 33.2. The van der Waals surface area contributed by atoms with Gasteiger partial charge >= 0.3 is 0 Å². The zero-order valence-electron chi connectivity index (χ0n) is 32.5. The van der Waals surface area contributed by atoms with Crippen LogP contribution in [-0.2, 0) is 5.41 Å². The van der Waals surface area contributed by atoms with Crippen molar-refractivity contribution in [1.82, 2.24) is 9.88 Å². The second-order valence-corrected chi connectivity index (χ2v) is 16.6. The third kappa shape index (κ3) is 4.77. The lowest BCUT2D eigenvalue weighted by molar-refractivity contribution is 0.506. The van der Waals surface area contributed by atoms with E-state index in [0.717, 1.165) is 11.4 Å². The van der Waals surface area contributed by atoms with Gasteiger partial charge in [0.2, 0.25) is 0 Å². The fraction of sp³-hybridized carbons (Fsp3) is 0.0909. The van der Waals surface area contributed by atoms with Crippen LogP contribution in [0, 0.1) is 0 Å². The number of benzene rings is 9. The molecule has 1 aromatic heterocycles. The van der Waals surface area contributed by atoms with E-state index >= 15 is 0 Å². The molecule has 0 bridgehead atoms. The van der Waals surface area contributed by atoms with Crippen LogP contribution in [0.4, 0.5) is 5.69 Å². The smallest absolute Gasteiger partial charge is 0.104 e. The summed E-state index contributed by atoms with van der Waals surface area (Å²) in [6.45, 7) is 4.88. The highest BCUT2D eigenvalue weighted by Gasteiger charge is 2.41.